The first-order valence-corrected chi connectivity index (χ1v) is 9.82. The third-order valence-electron chi connectivity index (χ3n) is 5.27. The maximum Gasteiger partial charge on any atom is 0.418 e. The molecule has 0 N–H and O–H groups in total. The normalized spacial score (nSPS) is 19.8. The number of hydrogen-bond acceptors (Lipinski definition) is 2. The minimum absolute atomic E-state index is 0.337. The average Bonchev–Trinajstić information content (AvgIpc) is 2.69. The molecule has 4 heteroatoms. The Hall–Kier alpha value is -2.00. The van der Waals surface area contributed by atoms with E-state index in [0.717, 1.165) is 30.1 Å². The molecule has 0 heterocycles. The summed E-state index contributed by atoms with van der Waals surface area (Å²) in [7, 11) is 0. The maximum atomic E-state index is 12.9. The van der Waals surface area contributed by atoms with Crippen molar-refractivity contribution in [2.45, 2.75) is 39.0 Å². The van der Waals surface area contributed by atoms with Gasteiger partial charge in [-0.05, 0) is 61.1 Å². The first-order chi connectivity index (χ1) is 12.7. The number of nitrogens with zero attached hydrogens (tertiary/aromatic N) is 1. The SMILES string of the molecule is CCC1CCC(COC(=O)N(c2ccccc2)c2ccc(Cl)cc2)CC1. The number of hydrogen-bond donors (Lipinski definition) is 0. The van der Waals surface area contributed by atoms with Gasteiger partial charge >= 0.3 is 6.09 Å². The highest BCUT2D eigenvalue weighted by atomic mass is 35.5. The van der Waals surface area contributed by atoms with Crippen LogP contribution in [0.4, 0.5) is 16.2 Å². The van der Waals surface area contributed by atoms with E-state index < -0.39 is 0 Å². The molecule has 0 aromatic heterocycles. The van der Waals surface area contributed by atoms with Crippen molar-refractivity contribution in [3.05, 3.63) is 59.6 Å². The number of ether oxygens (including phenoxy) is 1. The van der Waals surface area contributed by atoms with Crippen molar-refractivity contribution in [2.75, 3.05) is 11.5 Å². The number of carbonyl (C=O) groups is 1. The van der Waals surface area contributed by atoms with E-state index >= 15 is 0 Å². The molecule has 138 valence electrons. The van der Waals surface area contributed by atoms with Crippen molar-refractivity contribution in [3.8, 4) is 0 Å². The van der Waals surface area contributed by atoms with Gasteiger partial charge in [0.2, 0.25) is 0 Å². The fourth-order valence-electron chi connectivity index (χ4n) is 3.59. The van der Waals surface area contributed by atoms with Crippen LogP contribution < -0.4 is 4.90 Å². The molecule has 2 aromatic carbocycles. The molecule has 1 saturated carbocycles. The summed E-state index contributed by atoms with van der Waals surface area (Å²) in [5.74, 6) is 1.32. The summed E-state index contributed by atoms with van der Waals surface area (Å²) in [5, 5.41) is 0.641. The van der Waals surface area contributed by atoms with Gasteiger partial charge in [0.25, 0.3) is 0 Å². The summed E-state index contributed by atoms with van der Waals surface area (Å²) in [6.07, 6.45) is 5.72. The molecule has 1 fully saturated rings. The highest BCUT2D eigenvalue weighted by Crippen LogP contribution is 2.32. The average molecular weight is 372 g/mol. The Balaban J connectivity index is 1.68. The molecule has 0 aliphatic heterocycles. The minimum atomic E-state index is -0.337. The largest absolute Gasteiger partial charge is 0.449 e. The van der Waals surface area contributed by atoms with Gasteiger partial charge in [-0.25, -0.2) is 9.69 Å². The van der Waals surface area contributed by atoms with Crippen LogP contribution in [0.5, 0.6) is 0 Å². The van der Waals surface area contributed by atoms with Crippen LogP contribution in [0.15, 0.2) is 54.6 Å². The van der Waals surface area contributed by atoms with Crippen molar-refractivity contribution >= 4 is 29.1 Å². The van der Waals surface area contributed by atoms with Crippen LogP contribution in [0, 0.1) is 11.8 Å². The topological polar surface area (TPSA) is 29.5 Å². The van der Waals surface area contributed by atoms with Crippen LogP contribution in [-0.4, -0.2) is 12.7 Å². The molecule has 1 aliphatic rings. The van der Waals surface area contributed by atoms with E-state index in [4.69, 9.17) is 16.3 Å². The Labute approximate surface area is 160 Å². The standard InChI is InChI=1S/C22H26ClNO2/c1-2-17-8-10-18(11-9-17)16-26-22(25)24(20-6-4-3-5-7-20)21-14-12-19(23)13-15-21/h3-7,12-15,17-18H,2,8-11,16H2,1H3. The van der Waals surface area contributed by atoms with Crippen molar-refractivity contribution in [2.24, 2.45) is 11.8 Å². The van der Waals surface area contributed by atoms with Gasteiger partial charge in [-0.1, -0.05) is 56.0 Å². The molecule has 0 bridgehead atoms. The van der Waals surface area contributed by atoms with E-state index in [9.17, 15) is 4.79 Å². The van der Waals surface area contributed by atoms with Crippen LogP contribution in [0.3, 0.4) is 0 Å². The number of halogens is 1. The number of rotatable bonds is 5. The Morgan fingerprint density at radius 2 is 1.54 bits per heavy atom. The second kappa shape index (κ2) is 9.09. The van der Waals surface area contributed by atoms with E-state index in [2.05, 4.69) is 6.92 Å². The van der Waals surface area contributed by atoms with E-state index in [-0.39, 0.29) is 6.09 Å². The first-order valence-electron chi connectivity index (χ1n) is 9.45. The van der Waals surface area contributed by atoms with Gasteiger partial charge in [0.05, 0.1) is 18.0 Å². The zero-order chi connectivity index (χ0) is 18.4. The van der Waals surface area contributed by atoms with Crippen LogP contribution in [0.1, 0.15) is 39.0 Å². The molecule has 0 unspecified atom stereocenters. The predicted octanol–water partition coefficient (Wildman–Crippen LogP) is 6.83. The van der Waals surface area contributed by atoms with Crippen LogP contribution >= 0.6 is 11.6 Å². The Morgan fingerprint density at radius 1 is 0.962 bits per heavy atom. The number of para-hydroxylation sites is 1. The first kappa shape index (κ1) is 18.8. The number of carbonyl (C=O) groups excluding carboxylic acids is 1. The lowest BCUT2D eigenvalue weighted by atomic mass is 9.81. The maximum absolute atomic E-state index is 12.9. The van der Waals surface area contributed by atoms with Crippen molar-refractivity contribution in [1.29, 1.82) is 0 Å². The molecule has 3 rings (SSSR count). The molecule has 1 aliphatic carbocycles. The highest BCUT2D eigenvalue weighted by molar-refractivity contribution is 6.30. The highest BCUT2D eigenvalue weighted by Gasteiger charge is 2.24. The van der Waals surface area contributed by atoms with E-state index in [1.54, 1.807) is 17.0 Å². The zero-order valence-corrected chi connectivity index (χ0v) is 16.0. The van der Waals surface area contributed by atoms with Crippen LogP contribution in [-0.2, 0) is 4.74 Å². The van der Waals surface area contributed by atoms with Gasteiger partial charge in [-0.2, -0.15) is 0 Å². The summed E-state index contributed by atoms with van der Waals surface area (Å²) in [4.78, 5) is 14.5. The predicted molar refractivity (Wildman–Crippen MR) is 107 cm³/mol. The second-order valence-electron chi connectivity index (χ2n) is 7.02. The molecule has 0 saturated heterocycles. The molecule has 26 heavy (non-hydrogen) atoms. The monoisotopic (exact) mass is 371 g/mol. The third-order valence-corrected chi connectivity index (χ3v) is 5.52. The third kappa shape index (κ3) is 4.79. The summed E-state index contributed by atoms with van der Waals surface area (Å²) < 4.78 is 5.71. The molecule has 2 aromatic rings. The number of benzene rings is 2. The smallest absolute Gasteiger partial charge is 0.418 e. The molecule has 0 atom stereocenters. The fraction of sp³-hybridized carbons (Fsp3) is 0.409. The molecular formula is C22H26ClNO2. The van der Waals surface area contributed by atoms with Gasteiger partial charge < -0.3 is 4.74 Å². The van der Waals surface area contributed by atoms with Gasteiger partial charge in [-0.3, -0.25) is 0 Å². The van der Waals surface area contributed by atoms with Crippen LogP contribution in [0.25, 0.3) is 0 Å². The Bertz CT molecular complexity index is 694. The Morgan fingerprint density at radius 3 is 2.15 bits per heavy atom. The molecular weight excluding hydrogens is 346 g/mol. The fourth-order valence-corrected chi connectivity index (χ4v) is 3.71. The summed E-state index contributed by atoms with van der Waals surface area (Å²) >= 11 is 5.99. The lowest BCUT2D eigenvalue weighted by molar-refractivity contribution is 0.116. The van der Waals surface area contributed by atoms with Gasteiger partial charge in [-0.15, -0.1) is 0 Å². The molecule has 1 amide bonds. The van der Waals surface area contributed by atoms with E-state index in [0.29, 0.717) is 17.5 Å². The van der Waals surface area contributed by atoms with Crippen molar-refractivity contribution in [3.63, 3.8) is 0 Å². The molecule has 0 radical (unpaired) electrons. The van der Waals surface area contributed by atoms with Crippen molar-refractivity contribution in [1.82, 2.24) is 0 Å². The van der Waals surface area contributed by atoms with Crippen molar-refractivity contribution < 1.29 is 9.53 Å². The van der Waals surface area contributed by atoms with Gasteiger partial charge in [0.1, 0.15) is 0 Å². The Kier molecular flexibility index (Phi) is 6.56. The summed E-state index contributed by atoms with van der Waals surface area (Å²) in [6, 6.07) is 16.8. The molecule has 3 nitrogen and oxygen atoms in total. The van der Waals surface area contributed by atoms with Gasteiger partial charge in [0.15, 0.2) is 0 Å². The lowest BCUT2D eigenvalue weighted by Gasteiger charge is -2.28. The van der Waals surface area contributed by atoms with E-state index in [1.807, 2.05) is 42.5 Å². The number of anilines is 2. The number of amides is 1. The van der Waals surface area contributed by atoms with Gasteiger partial charge in [0, 0.05) is 5.02 Å². The minimum Gasteiger partial charge on any atom is -0.449 e. The quantitative estimate of drug-likeness (QED) is 0.576. The second-order valence-corrected chi connectivity index (χ2v) is 7.46. The molecule has 0 spiro atoms. The lowest BCUT2D eigenvalue weighted by Crippen LogP contribution is -2.29. The van der Waals surface area contributed by atoms with E-state index in [1.165, 1.54) is 19.3 Å². The summed E-state index contributed by atoms with van der Waals surface area (Å²) in [6.45, 7) is 2.75. The summed E-state index contributed by atoms with van der Waals surface area (Å²) in [5.41, 5.74) is 1.54. The zero-order valence-electron chi connectivity index (χ0n) is 15.2. The van der Waals surface area contributed by atoms with Crippen LogP contribution in [0.2, 0.25) is 5.02 Å².